The molecule has 2 aliphatic rings. The lowest BCUT2D eigenvalue weighted by Crippen LogP contribution is -2.46. The number of anilines is 1. The number of hydrogen-bond acceptors (Lipinski definition) is 5. The van der Waals surface area contributed by atoms with Crippen LogP contribution in [0.5, 0.6) is 0 Å². The smallest absolute Gasteiger partial charge is 0.238 e. The molecule has 0 radical (unpaired) electrons. The summed E-state index contributed by atoms with van der Waals surface area (Å²) >= 11 is 0. The standard InChI is InChI=1S/C19H29N5O2.ClH/c25-18(15-23-11-7-20-8-12-23)22-17-4-1-16(2-5-17)3-6-19(26)24-13-9-21-10-14-24;/h1-2,4-5,20-21H,3,6-15H2,(H,22,25);1H. The number of halogens is 1. The largest absolute Gasteiger partial charge is 0.340 e. The molecule has 2 fully saturated rings. The highest BCUT2D eigenvalue weighted by Crippen LogP contribution is 2.12. The second-order valence-corrected chi connectivity index (χ2v) is 6.90. The van der Waals surface area contributed by atoms with Crippen LogP contribution >= 0.6 is 12.4 Å². The van der Waals surface area contributed by atoms with Crippen molar-refractivity contribution in [1.29, 1.82) is 0 Å². The fourth-order valence-electron chi connectivity index (χ4n) is 3.35. The molecule has 8 heteroatoms. The van der Waals surface area contributed by atoms with Crippen LogP contribution in [-0.2, 0) is 16.0 Å². The number of benzene rings is 1. The van der Waals surface area contributed by atoms with Gasteiger partial charge in [0.25, 0.3) is 0 Å². The SMILES string of the molecule is Cl.O=C(CN1CCNCC1)Nc1ccc(CCC(=O)N2CCNCC2)cc1. The fraction of sp³-hybridized carbons (Fsp3) is 0.579. The molecule has 0 saturated carbocycles. The Morgan fingerprint density at radius 1 is 0.926 bits per heavy atom. The molecule has 2 amide bonds. The second kappa shape index (κ2) is 11.2. The van der Waals surface area contributed by atoms with E-state index >= 15 is 0 Å². The normalized spacial score (nSPS) is 17.9. The summed E-state index contributed by atoms with van der Waals surface area (Å²) in [7, 11) is 0. The van der Waals surface area contributed by atoms with Crippen LogP contribution in [0.15, 0.2) is 24.3 Å². The Morgan fingerprint density at radius 2 is 1.52 bits per heavy atom. The first-order valence-electron chi connectivity index (χ1n) is 9.51. The van der Waals surface area contributed by atoms with E-state index in [1.165, 1.54) is 0 Å². The minimum Gasteiger partial charge on any atom is -0.340 e. The summed E-state index contributed by atoms with van der Waals surface area (Å²) in [4.78, 5) is 28.4. The van der Waals surface area contributed by atoms with E-state index in [1.54, 1.807) is 0 Å². The summed E-state index contributed by atoms with van der Waals surface area (Å²) in [5, 5.41) is 9.49. The number of hydrogen-bond donors (Lipinski definition) is 3. The van der Waals surface area contributed by atoms with Gasteiger partial charge in [0.2, 0.25) is 11.8 Å². The Bertz CT molecular complexity index is 599. The van der Waals surface area contributed by atoms with Crippen molar-refractivity contribution in [2.75, 3.05) is 64.2 Å². The van der Waals surface area contributed by atoms with Crippen molar-refractivity contribution in [3.63, 3.8) is 0 Å². The van der Waals surface area contributed by atoms with Crippen molar-refractivity contribution in [2.24, 2.45) is 0 Å². The van der Waals surface area contributed by atoms with Crippen LogP contribution in [0.3, 0.4) is 0 Å². The topological polar surface area (TPSA) is 76.7 Å². The first kappa shape index (κ1) is 21.6. The predicted molar refractivity (Wildman–Crippen MR) is 109 cm³/mol. The van der Waals surface area contributed by atoms with Gasteiger partial charge in [-0.25, -0.2) is 0 Å². The average Bonchev–Trinajstić information content (AvgIpc) is 2.68. The fourth-order valence-corrected chi connectivity index (χ4v) is 3.35. The van der Waals surface area contributed by atoms with Gasteiger partial charge in [-0.2, -0.15) is 0 Å². The third-order valence-electron chi connectivity index (χ3n) is 4.91. The number of carbonyl (C=O) groups is 2. The van der Waals surface area contributed by atoms with Crippen LogP contribution in [0, 0.1) is 0 Å². The van der Waals surface area contributed by atoms with Crippen LogP contribution in [0.1, 0.15) is 12.0 Å². The van der Waals surface area contributed by atoms with E-state index in [9.17, 15) is 9.59 Å². The van der Waals surface area contributed by atoms with Crippen LogP contribution < -0.4 is 16.0 Å². The van der Waals surface area contributed by atoms with Crippen LogP contribution in [-0.4, -0.2) is 80.5 Å². The summed E-state index contributed by atoms with van der Waals surface area (Å²) in [6.45, 7) is 7.50. The van der Waals surface area contributed by atoms with E-state index in [-0.39, 0.29) is 24.2 Å². The minimum atomic E-state index is 0. The highest BCUT2D eigenvalue weighted by molar-refractivity contribution is 5.92. The van der Waals surface area contributed by atoms with Crippen LogP contribution in [0.25, 0.3) is 0 Å². The molecule has 0 atom stereocenters. The summed E-state index contributed by atoms with van der Waals surface area (Å²) in [5.41, 5.74) is 1.93. The number of rotatable bonds is 6. The minimum absolute atomic E-state index is 0. The molecule has 2 aliphatic heterocycles. The van der Waals surface area contributed by atoms with E-state index in [0.29, 0.717) is 13.0 Å². The molecule has 2 heterocycles. The first-order valence-corrected chi connectivity index (χ1v) is 9.51. The first-order chi connectivity index (χ1) is 12.7. The molecule has 3 rings (SSSR count). The quantitative estimate of drug-likeness (QED) is 0.646. The van der Waals surface area contributed by atoms with Crippen molar-refractivity contribution < 1.29 is 9.59 Å². The second-order valence-electron chi connectivity index (χ2n) is 6.90. The molecule has 0 spiro atoms. The number of piperazine rings is 2. The van der Waals surface area contributed by atoms with Gasteiger partial charge in [0.15, 0.2) is 0 Å². The Hall–Kier alpha value is -1.67. The van der Waals surface area contributed by atoms with Gasteiger partial charge in [0.05, 0.1) is 6.54 Å². The van der Waals surface area contributed by atoms with Gasteiger partial charge < -0.3 is 20.9 Å². The van der Waals surface area contributed by atoms with Crippen LogP contribution in [0.2, 0.25) is 0 Å². The zero-order valence-electron chi connectivity index (χ0n) is 15.7. The number of carbonyl (C=O) groups excluding carboxylic acids is 2. The molecule has 0 unspecified atom stereocenters. The third-order valence-corrected chi connectivity index (χ3v) is 4.91. The van der Waals surface area contributed by atoms with Crippen molar-refractivity contribution in [1.82, 2.24) is 20.4 Å². The Morgan fingerprint density at radius 3 is 2.15 bits per heavy atom. The maximum atomic E-state index is 12.2. The molecule has 7 nitrogen and oxygen atoms in total. The Kier molecular flexibility index (Phi) is 9.00. The third kappa shape index (κ3) is 7.10. The highest BCUT2D eigenvalue weighted by Gasteiger charge is 2.16. The molecule has 3 N–H and O–H groups in total. The van der Waals surface area contributed by atoms with E-state index in [4.69, 9.17) is 0 Å². The molecule has 1 aromatic rings. The van der Waals surface area contributed by atoms with E-state index in [1.807, 2.05) is 29.2 Å². The van der Waals surface area contributed by atoms with E-state index in [0.717, 1.165) is 70.0 Å². The Labute approximate surface area is 167 Å². The molecule has 150 valence electrons. The summed E-state index contributed by atoms with van der Waals surface area (Å²) < 4.78 is 0. The van der Waals surface area contributed by atoms with E-state index < -0.39 is 0 Å². The van der Waals surface area contributed by atoms with Gasteiger partial charge in [-0.15, -0.1) is 12.4 Å². The summed E-state index contributed by atoms with van der Waals surface area (Å²) in [6.07, 6.45) is 1.27. The van der Waals surface area contributed by atoms with Gasteiger partial charge >= 0.3 is 0 Å². The average molecular weight is 396 g/mol. The molecular formula is C19H30ClN5O2. The van der Waals surface area contributed by atoms with Crippen molar-refractivity contribution in [2.45, 2.75) is 12.8 Å². The van der Waals surface area contributed by atoms with Gasteiger partial charge in [0.1, 0.15) is 0 Å². The monoisotopic (exact) mass is 395 g/mol. The van der Waals surface area contributed by atoms with Gasteiger partial charge in [-0.1, -0.05) is 12.1 Å². The zero-order valence-corrected chi connectivity index (χ0v) is 16.5. The van der Waals surface area contributed by atoms with Crippen LogP contribution in [0.4, 0.5) is 5.69 Å². The Balaban J connectivity index is 0.00000261. The summed E-state index contributed by atoms with van der Waals surface area (Å²) in [5.74, 6) is 0.244. The lowest BCUT2D eigenvalue weighted by Gasteiger charge is -2.27. The maximum absolute atomic E-state index is 12.2. The zero-order chi connectivity index (χ0) is 18.2. The number of nitrogens with one attached hydrogen (secondary N) is 3. The number of amides is 2. The van der Waals surface area contributed by atoms with Crippen molar-refractivity contribution >= 4 is 29.9 Å². The highest BCUT2D eigenvalue weighted by atomic mass is 35.5. The maximum Gasteiger partial charge on any atom is 0.238 e. The lowest BCUT2D eigenvalue weighted by molar-refractivity contribution is -0.131. The van der Waals surface area contributed by atoms with E-state index in [2.05, 4.69) is 20.9 Å². The molecule has 2 saturated heterocycles. The molecular weight excluding hydrogens is 366 g/mol. The molecule has 1 aromatic carbocycles. The van der Waals surface area contributed by atoms with Crippen molar-refractivity contribution in [3.05, 3.63) is 29.8 Å². The summed E-state index contributed by atoms with van der Waals surface area (Å²) in [6, 6.07) is 7.82. The number of nitrogens with zero attached hydrogens (tertiary/aromatic N) is 2. The van der Waals surface area contributed by atoms with Gasteiger partial charge in [-0.3, -0.25) is 14.5 Å². The molecule has 27 heavy (non-hydrogen) atoms. The number of aryl methyl sites for hydroxylation is 1. The molecule has 0 aliphatic carbocycles. The van der Waals surface area contributed by atoms with Gasteiger partial charge in [-0.05, 0) is 24.1 Å². The predicted octanol–water partition coefficient (Wildman–Crippen LogP) is 0.317. The lowest BCUT2D eigenvalue weighted by atomic mass is 10.1. The molecule has 0 bridgehead atoms. The molecule has 0 aromatic heterocycles. The van der Waals surface area contributed by atoms with Crippen molar-refractivity contribution in [3.8, 4) is 0 Å². The van der Waals surface area contributed by atoms with Gasteiger partial charge in [0, 0.05) is 64.5 Å².